The molecule has 258 valence electrons. The SMILES string of the molecule is CCCN(Cc1nc2c(C(=O)NCC(=O)c3cccc(NC(=O)[C@@H]4CCCN4C(=O)OC(C)(C)C)c3)cccc2[nH]1)C(=O)OC(C)(C)C. The highest BCUT2D eigenvalue weighted by atomic mass is 16.6. The monoisotopic (exact) mass is 662 g/mol. The summed E-state index contributed by atoms with van der Waals surface area (Å²) in [5.41, 5.74) is 0.658. The van der Waals surface area contributed by atoms with Crippen molar-refractivity contribution >= 4 is 46.5 Å². The number of ether oxygens (including phenoxy) is 2. The van der Waals surface area contributed by atoms with Gasteiger partial charge in [0.1, 0.15) is 28.6 Å². The number of aromatic nitrogens is 2. The van der Waals surface area contributed by atoms with Crippen molar-refractivity contribution in [3.8, 4) is 0 Å². The number of Topliss-reactive ketones (excluding diaryl/α,β-unsaturated/α-hetero) is 1. The van der Waals surface area contributed by atoms with Crippen LogP contribution in [0, 0.1) is 0 Å². The molecule has 3 N–H and O–H groups in total. The van der Waals surface area contributed by atoms with E-state index in [4.69, 9.17) is 9.47 Å². The van der Waals surface area contributed by atoms with Gasteiger partial charge in [0, 0.05) is 24.3 Å². The Labute approximate surface area is 280 Å². The number of likely N-dealkylation sites (tertiary alicyclic amines) is 1. The zero-order chi connectivity index (χ0) is 35.2. The largest absolute Gasteiger partial charge is 0.444 e. The zero-order valence-corrected chi connectivity index (χ0v) is 28.8. The third-order valence-electron chi connectivity index (χ3n) is 7.34. The second-order valence-electron chi connectivity index (χ2n) is 13.8. The summed E-state index contributed by atoms with van der Waals surface area (Å²) >= 11 is 0. The van der Waals surface area contributed by atoms with Crippen molar-refractivity contribution < 1.29 is 33.4 Å². The van der Waals surface area contributed by atoms with Crippen molar-refractivity contribution in [2.24, 2.45) is 0 Å². The summed E-state index contributed by atoms with van der Waals surface area (Å²) in [5.74, 6) is -0.728. The quantitative estimate of drug-likeness (QED) is 0.234. The van der Waals surface area contributed by atoms with Gasteiger partial charge >= 0.3 is 12.2 Å². The molecule has 0 spiro atoms. The molecule has 4 amide bonds. The summed E-state index contributed by atoms with van der Waals surface area (Å²) < 4.78 is 11.0. The van der Waals surface area contributed by atoms with Gasteiger partial charge < -0.3 is 30.0 Å². The minimum absolute atomic E-state index is 0.170. The predicted octanol–water partition coefficient (Wildman–Crippen LogP) is 5.66. The molecule has 48 heavy (non-hydrogen) atoms. The lowest BCUT2D eigenvalue weighted by Crippen LogP contribution is -2.45. The van der Waals surface area contributed by atoms with E-state index in [1.54, 1.807) is 82.8 Å². The van der Waals surface area contributed by atoms with Crippen molar-refractivity contribution in [3.63, 3.8) is 0 Å². The van der Waals surface area contributed by atoms with Gasteiger partial charge in [-0.1, -0.05) is 25.1 Å². The lowest BCUT2D eigenvalue weighted by atomic mass is 10.1. The van der Waals surface area contributed by atoms with E-state index in [2.05, 4.69) is 20.6 Å². The number of carbonyl (C=O) groups is 5. The average Bonchev–Trinajstić information content (AvgIpc) is 3.65. The maximum absolute atomic E-state index is 13.2. The van der Waals surface area contributed by atoms with Crippen LogP contribution in [-0.2, 0) is 20.8 Å². The van der Waals surface area contributed by atoms with Crippen molar-refractivity contribution in [3.05, 3.63) is 59.4 Å². The summed E-state index contributed by atoms with van der Waals surface area (Å²) in [6, 6.07) is 10.8. The number of para-hydroxylation sites is 1. The number of nitrogens with zero attached hydrogens (tertiary/aromatic N) is 3. The van der Waals surface area contributed by atoms with Crippen molar-refractivity contribution in [2.75, 3.05) is 25.0 Å². The second-order valence-corrected chi connectivity index (χ2v) is 13.8. The summed E-state index contributed by atoms with van der Waals surface area (Å²) in [7, 11) is 0. The highest BCUT2D eigenvalue weighted by molar-refractivity contribution is 6.08. The standard InChI is InChI=1S/C35H46N6O7/c1-8-17-40(32(45)47-34(2,3)4)21-28-38-25-15-10-14-24(29(25)39-28)30(43)36-20-27(42)22-12-9-13-23(19-22)37-31(44)26-16-11-18-41(26)33(46)48-35(5,6)7/h9-10,12-15,19,26H,8,11,16-18,20-21H2,1-7H3,(H,36,43)(H,37,44)(H,38,39)/t26-/m0/s1. The van der Waals surface area contributed by atoms with E-state index in [9.17, 15) is 24.0 Å². The van der Waals surface area contributed by atoms with Crippen molar-refractivity contribution in [1.29, 1.82) is 0 Å². The van der Waals surface area contributed by atoms with Crippen LogP contribution in [0.4, 0.5) is 15.3 Å². The number of amides is 4. The molecule has 13 nitrogen and oxygen atoms in total. The highest BCUT2D eigenvalue weighted by Crippen LogP contribution is 2.23. The Hall–Kier alpha value is -4.94. The number of carbonyl (C=O) groups excluding carboxylic acids is 5. The molecular weight excluding hydrogens is 616 g/mol. The van der Waals surface area contributed by atoms with E-state index in [1.807, 2.05) is 6.92 Å². The summed E-state index contributed by atoms with van der Waals surface area (Å²) in [5, 5.41) is 5.48. The topological polar surface area (TPSA) is 163 Å². The van der Waals surface area contributed by atoms with E-state index in [0.29, 0.717) is 54.0 Å². The number of imidazole rings is 1. The number of nitrogens with one attached hydrogen (secondary N) is 3. The third kappa shape index (κ3) is 9.55. The van der Waals surface area contributed by atoms with Crippen LogP contribution in [0.15, 0.2) is 42.5 Å². The van der Waals surface area contributed by atoms with E-state index >= 15 is 0 Å². The lowest BCUT2D eigenvalue weighted by Gasteiger charge is -2.28. The molecule has 1 fully saturated rings. The summed E-state index contributed by atoms with van der Waals surface area (Å²) in [6.45, 7) is 13.5. The number of benzene rings is 2. The molecule has 2 heterocycles. The molecular formula is C35H46N6O7. The lowest BCUT2D eigenvalue weighted by molar-refractivity contribution is -0.120. The van der Waals surface area contributed by atoms with Crippen LogP contribution in [0.2, 0.25) is 0 Å². The van der Waals surface area contributed by atoms with Crippen LogP contribution < -0.4 is 10.6 Å². The zero-order valence-electron chi connectivity index (χ0n) is 28.8. The summed E-state index contributed by atoms with van der Waals surface area (Å²) in [6.07, 6.45) is 0.906. The molecule has 1 atom stereocenters. The molecule has 4 rings (SSSR count). The van der Waals surface area contributed by atoms with E-state index in [-0.39, 0.29) is 30.3 Å². The Morgan fingerprint density at radius 3 is 2.40 bits per heavy atom. The average molecular weight is 663 g/mol. The Morgan fingerprint density at radius 1 is 1.00 bits per heavy atom. The molecule has 1 aliphatic heterocycles. The second kappa shape index (κ2) is 14.9. The minimum atomic E-state index is -0.684. The normalized spacial score (nSPS) is 14.8. The van der Waals surface area contributed by atoms with Gasteiger partial charge in [-0.3, -0.25) is 19.3 Å². The van der Waals surface area contributed by atoms with Crippen molar-refractivity contribution in [1.82, 2.24) is 25.1 Å². The van der Waals surface area contributed by atoms with Gasteiger partial charge in [-0.2, -0.15) is 0 Å². The molecule has 1 aliphatic rings. The molecule has 0 bridgehead atoms. The third-order valence-corrected chi connectivity index (χ3v) is 7.34. The molecule has 1 aromatic heterocycles. The van der Waals surface area contributed by atoms with Gasteiger partial charge in [0.05, 0.1) is 24.2 Å². The van der Waals surface area contributed by atoms with Crippen LogP contribution in [0.5, 0.6) is 0 Å². The Kier molecular flexibility index (Phi) is 11.1. The first kappa shape index (κ1) is 35.9. The fraction of sp³-hybridized carbons (Fsp3) is 0.486. The predicted molar refractivity (Wildman–Crippen MR) is 181 cm³/mol. The number of hydrogen-bond donors (Lipinski definition) is 3. The van der Waals surface area contributed by atoms with Gasteiger partial charge in [-0.25, -0.2) is 14.6 Å². The molecule has 2 aromatic carbocycles. The number of hydrogen-bond acceptors (Lipinski definition) is 8. The van der Waals surface area contributed by atoms with Crippen LogP contribution >= 0.6 is 0 Å². The molecule has 0 unspecified atom stereocenters. The van der Waals surface area contributed by atoms with Crippen LogP contribution in [0.1, 0.15) is 94.3 Å². The van der Waals surface area contributed by atoms with Crippen molar-refractivity contribution in [2.45, 2.75) is 91.5 Å². The van der Waals surface area contributed by atoms with Gasteiger partial charge in [0.25, 0.3) is 5.91 Å². The summed E-state index contributed by atoms with van der Waals surface area (Å²) in [4.78, 5) is 75.6. The number of H-pyrrole nitrogens is 1. The maximum atomic E-state index is 13.2. The van der Waals surface area contributed by atoms with Crippen LogP contribution in [0.3, 0.4) is 0 Å². The number of aromatic amines is 1. The maximum Gasteiger partial charge on any atom is 0.410 e. The molecule has 3 aromatic rings. The number of rotatable bonds is 10. The van der Waals surface area contributed by atoms with Gasteiger partial charge in [0.15, 0.2) is 5.78 Å². The molecule has 0 saturated carbocycles. The van der Waals surface area contributed by atoms with Crippen LogP contribution in [0.25, 0.3) is 11.0 Å². The number of anilines is 1. The van der Waals surface area contributed by atoms with Gasteiger partial charge in [-0.15, -0.1) is 0 Å². The van der Waals surface area contributed by atoms with Gasteiger partial charge in [-0.05, 0) is 85.1 Å². The van der Waals surface area contributed by atoms with Crippen LogP contribution in [-0.4, -0.2) is 86.4 Å². The van der Waals surface area contributed by atoms with Gasteiger partial charge in [0.2, 0.25) is 5.91 Å². The number of fused-ring (bicyclic) bond motifs is 1. The first-order valence-electron chi connectivity index (χ1n) is 16.2. The smallest absolute Gasteiger partial charge is 0.410 e. The highest BCUT2D eigenvalue weighted by Gasteiger charge is 2.36. The number of ketones is 1. The van der Waals surface area contributed by atoms with E-state index in [0.717, 1.165) is 6.42 Å². The molecule has 13 heteroatoms. The molecule has 1 saturated heterocycles. The Balaban J connectivity index is 1.39. The first-order chi connectivity index (χ1) is 22.5. The molecule has 0 aliphatic carbocycles. The Morgan fingerprint density at radius 2 is 1.71 bits per heavy atom. The minimum Gasteiger partial charge on any atom is -0.444 e. The fourth-order valence-electron chi connectivity index (χ4n) is 5.29. The Bertz CT molecular complexity index is 1670. The van der Waals surface area contributed by atoms with E-state index in [1.165, 1.54) is 11.0 Å². The van der Waals surface area contributed by atoms with E-state index < -0.39 is 35.3 Å². The molecule has 0 radical (unpaired) electrons. The first-order valence-corrected chi connectivity index (χ1v) is 16.2. The fourth-order valence-corrected chi connectivity index (χ4v) is 5.29.